The molecule has 1 aromatic rings. The molecule has 1 aliphatic carbocycles. The Morgan fingerprint density at radius 3 is 2.40 bits per heavy atom. The first-order valence-electron chi connectivity index (χ1n) is 8.11. The van der Waals surface area contributed by atoms with Gasteiger partial charge in [-0.15, -0.1) is 0 Å². The van der Waals surface area contributed by atoms with E-state index >= 15 is 0 Å². The Morgan fingerprint density at radius 1 is 1.00 bits per heavy atom. The fourth-order valence-corrected chi connectivity index (χ4v) is 3.15. The van der Waals surface area contributed by atoms with E-state index in [1.54, 1.807) is 11.1 Å². The molecular weight excluding hydrogens is 242 g/mol. The van der Waals surface area contributed by atoms with Gasteiger partial charge in [0.1, 0.15) is 0 Å². The molecule has 20 heavy (non-hydrogen) atoms. The Kier molecular flexibility index (Phi) is 4.59. The number of hydrogen-bond acceptors (Lipinski definition) is 1. The summed E-state index contributed by atoms with van der Waals surface area (Å²) >= 11 is 0. The lowest BCUT2D eigenvalue weighted by atomic mass is 9.82. The number of hydrogen-bond donors (Lipinski definition) is 1. The van der Waals surface area contributed by atoms with Crippen molar-refractivity contribution in [3.63, 3.8) is 0 Å². The van der Waals surface area contributed by atoms with E-state index in [9.17, 15) is 0 Å². The summed E-state index contributed by atoms with van der Waals surface area (Å²) in [4.78, 5) is 0. The van der Waals surface area contributed by atoms with Crippen LogP contribution in [-0.2, 0) is 19.3 Å². The van der Waals surface area contributed by atoms with Crippen LogP contribution in [0.1, 0.15) is 64.2 Å². The molecule has 0 spiro atoms. The van der Waals surface area contributed by atoms with Crippen molar-refractivity contribution >= 4 is 0 Å². The Hall–Kier alpha value is -0.820. The number of fused-ring (bicyclic) bond motifs is 1. The van der Waals surface area contributed by atoms with Gasteiger partial charge in [-0.1, -0.05) is 32.0 Å². The van der Waals surface area contributed by atoms with Gasteiger partial charge in [0.2, 0.25) is 0 Å². The molecule has 2 rings (SSSR count). The van der Waals surface area contributed by atoms with Gasteiger partial charge in [0.05, 0.1) is 0 Å². The van der Waals surface area contributed by atoms with Crippen LogP contribution in [0.15, 0.2) is 18.2 Å². The van der Waals surface area contributed by atoms with Gasteiger partial charge >= 0.3 is 0 Å². The summed E-state index contributed by atoms with van der Waals surface area (Å²) < 4.78 is 0. The molecule has 1 nitrogen and oxygen atoms in total. The van der Waals surface area contributed by atoms with Crippen LogP contribution in [0.2, 0.25) is 0 Å². The van der Waals surface area contributed by atoms with Crippen LogP contribution in [0.3, 0.4) is 0 Å². The molecule has 0 atom stereocenters. The van der Waals surface area contributed by atoms with E-state index in [1.165, 1.54) is 37.7 Å². The molecule has 1 aromatic carbocycles. The largest absolute Gasteiger partial charge is 0.312 e. The fourth-order valence-electron chi connectivity index (χ4n) is 3.15. The molecule has 0 saturated carbocycles. The van der Waals surface area contributed by atoms with Crippen LogP contribution in [0.25, 0.3) is 0 Å². The zero-order chi connectivity index (χ0) is 14.8. The molecule has 0 amide bonds. The number of rotatable bonds is 5. The summed E-state index contributed by atoms with van der Waals surface area (Å²) in [6.07, 6.45) is 6.33. The first-order valence-corrected chi connectivity index (χ1v) is 8.11. The summed E-state index contributed by atoms with van der Waals surface area (Å²) in [5.74, 6) is 0. The topological polar surface area (TPSA) is 12.0 Å². The second-order valence-corrected chi connectivity index (χ2v) is 8.22. The molecule has 0 radical (unpaired) electrons. The van der Waals surface area contributed by atoms with Gasteiger partial charge in [0.15, 0.2) is 0 Å². The molecular formula is C19H31N. The quantitative estimate of drug-likeness (QED) is 0.831. The van der Waals surface area contributed by atoms with Crippen molar-refractivity contribution in [3.05, 3.63) is 34.9 Å². The van der Waals surface area contributed by atoms with Crippen molar-refractivity contribution in [2.75, 3.05) is 6.54 Å². The molecule has 1 heteroatoms. The number of nitrogens with one attached hydrogen (secondary N) is 1. The zero-order valence-electron chi connectivity index (χ0n) is 14.0. The Balaban J connectivity index is 1.91. The van der Waals surface area contributed by atoms with Crippen LogP contribution >= 0.6 is 0 Å². The maximum Gasteiger partial charge on any atom is 0.00965 e. The Morgan fingerprint density at radius 2 is 1.70 bits per heavy atom. The highest BCUT2D eigenvalue weighted by Crippen LogP contribution is 2.29. The third-order valence-electron chi connectivity index (χ3n) is 4.30. The smallest absolute Gasteiger partial charge is 0.00965 e. The minimum Gasteiger partial charge on any atom is -0.312 e. The predicted octanol–water partition coefficient (Wildman–Crippen LogP) is 4.52. The average molecular weight is 273 g/mol. The Bertz CT molecular complexity index is 451. The minimum absolute atomic E-state index is 0.226. The van der Waals surface area contributed by atoms with Crippen LogP contribution in [-0.4, -0.2) is 12.1 Å². The van der Waals surface area contributed by atoms with Gasteiger partial charge < -0.3 is 5.32 Å². The normalized spacial score (nSPS) is 15.4. The van der Waals surface area contributed by atoms with Gasteiger partial charge in [-0.3, -0.25) is 0 Å². The van der Waals surface area contributed by atoms with Crippen molar-refractivity contribution < 1.29 is 0 Å². The van der Waals surface area contributed by atoms with Crippen molar-refractivity contribution in [1.82, 2.24) is 5.32 Å². The molecule has 0 aliphatic heterocycles. The third-order valence-corrected chi connectivity index (χ3v) is 4.30. The molecule has 0 aromatic heterocycles. The lowest BCUT2D eigenvalue weighted by Crippen LogP contribution is -2.38. The van der Waals surface area contributed by atoms with Gasteiger partial charge in [-0.25, -0.2) is 0 Å². The first-order chi connectivity index (χ1) is 9.25. The first kappa shape index (κ1) is 15.6. The van der Waals surface area contributed by atoms with Crippen LogP contribution in [0.4, 0.5) is 0 Å². The van der Waals surface area contributed by atoms with E-state index in [1.807, 2.05) is 0 Å². The highest BCUT2D eigenvalue weighted by molar-refractivity contribution is 5.35. The standard InChI is InChI=1S/C19H31N/c1-18(2,3)20-12-11-19(4,5)14-15-9-10-16-7-6-8-17(16)13-15/h9-10,13,20H,6-8,11-12,14H2,1-5H3. The van der Waals surface area contributed by atoms with E-state index in [0.717, 1.165) is 6.54 Å². The summed E-state index contributed by atoms with van der Waals surface area (Å²) in [6.45, 7) is 12.6. The molecule has 0 saturated heterocycles. The molecule has 0 heterocycles. The number of benzene rings is 1. The second kappa shape index (κ2) is 5.89. The van der Waals surface area contributed by atoms with Gasteiger partial charge in [0, 0.05) is 5.54 Å². The van der Waals surface area contributed by atoms with E-state index < -0.39 is 0 Å². The van der Waals surface area contributed by atoms with Gasteiger partial charge in [-0.05, 0) is 81.5 Å². The second-order valence-electron chi connectivity index (χ2n) is 8.22. The highest BCUT2D eigenvalue weighted by Gasteiger charge is 2.20. The highest BCUT2D eigenvalue weighted by atomic mass is 14.9. The van der Waals surface area contributed by atoms with Crippen molar-refractivity contribution in [2.24, 2.45) is 5.41 Å². The Labute approximate surface area is 125 Å². The summed E-state index contributed by atoms with van der Waals surface area (Å²) in [5, 5.41) is 3.61. The SMILES string of the molecule is CC(C)(CCNC(C)(C)C)Cc1ccc2c(c1)CCC2. The molecule has 1 N–H and O–H groups in total. The maximum atomic E-state index is 3.61. The molecule has 112 valence electrons. The molecule has 0 fully saturated rings. The summed E-state index contributed by atoms with van der Waals surface area (Å²) in [6, 6.07) is 7.17. The van der Waals surface area contributed by atoms with E-state index in [2.05, 4.69) is 58.1 Å². The van der Waals surface area contributed by atoms with Crippen molar-refractivity contribution in [1.29, 1.82) is 0 Å². The lowest BCUT2D eigenvalue weighted by molar-refractivity contribution is 0.302. The van der Waals surface area contributed by atoms with Gasteiger partial charge in [0.25, 0.3) is 0 Å². The van der Waals surface area contributed by atoms with E-state index in [4.69, 9.17) is 0 Å². The fraction of sp³-hybridized carbons (Fsp3) is 0.684. The van der Waals surface area contributed by atoms with Crippen LogP contribution in [0.5, 0.6) is 0 Å². The molecule has 1 aliphatic rings. The van der Waals surface area contributed by atoms with E-state index in [0.29, 0.717) is 5.41 Å². The molecule has 0 unspecified atom stereocenters. The van der Waals surface area contributed by atoms with Crippen LogP contribution < -0.4 is 5.32 Å². The van der Waals surface area contributed by atoms with Crippen molar-refractivity contribution in [2.45, 2.75) is 72.3 Å². The summed E-state index contributed by atoms with van der Waals surface area (Å²) in [5.41, 5.74) is 5.30. The third kappa shape index (κ3) is 4.63. The van der Waals surface area contributed by atoms with Crippen LogP contribution in [0, 0.1) is 5.41 Å². The van der Waals surface area contributed by atoms with E-state index in [-0.39, 0.29) is 5.54 Å². The monoisotopic (exact) mass is 273 g/mol. The average Bonchev–Trinajstić information content (AvgIpc) is 2.73. The molecule has 0 bridgehead atoms. The van der Waals surface area contributed by atoms with Gasteiger partial charge in [-0.2, -0.15) is 0 Å². The zero-order valence-corrected chi connectivity index (χ0v) is 14.0. The maximum absolute atomic E-state index is 3.61. The lowest BCUT2D eigenvalue weighted by Gasteiger charge is -2.28. The number of aryl methyl sites for hydroxylation is 2. The van der Waals surface area contributed by atoms with Crippen molar-refractivity contribution in [3.8, 4) is 0 Å². The summed E-state index contributed by atoms with van der Waals surface area (Å²) in [7, 11) is 0. The minimum atomic E-state index is 0.226. The predicted molar refractivity (Wildman–Crippen MR) is 88.3 cm³/mol.